The van der Waals surface area contributed by atoms with Gasteiger partial charge in [-0.05, 0) is 18.9 Å². The van der Waals surface area contributed by atoms with Crippen LogP contribution in [0.5, 0.6) is 0 Å². The molecule has 1 saturated heterocycles. The van der Waals surface area contributed by atoms with Gasteiger partial charge in [0.2, 0.25) is 0 Å². The zero-order chi connectivity index (χ0) is 16.7. The molecule has 1 aliphatic heterocycles. The monoisotopic (exact) mass is 323 g/mol. The van der Waals surface area contributed by atoms with Crippen LogP contribution in [0.3, 0.4) is 0 Å². The van der Waals surface area contributed by atoms with Crippen LogP contribution in [-0.4, -0.2) is 42.8 Å². The first-order chi connectivity index (χ1) is 11.2. The van der Waals surface area contributed by atoms with E-state index < -0.39 is 24.8 Å². The number of likely N-dealkylation sites (tertiary alicyclic amines) is 1. The summed E-state index contributed by atoms with van der Waals surface area (Å²) < 4.78 is 23.3. The SMILES string of the molecule is CCOC(=O)C[C@@H]1[C@@H](CF)CCN1C(=O)OCc1ccccc1. The molecule has 1 amide bonds. The van der Waals surface area contributed by atoms with Crippen molar-refractivity contribution in [3.63, 3.8) is 0 Å². The fourth-order valence-corrected chi connectivity index (χ4v) is 2.79. The number of nitrogens with zero attached hydrogens (tertiary/aromatic N) is 1. The summed E-state index contributed by atoms with van der Waals surface area (Å²) >= 11 is 0. The number of hydrogen-bond donors (Lipinski definition) is 0. The number of ether oxygens (including phenoxy) is 2. The van der Waals surface area contributed by atoms with Gasteiger partial charge in [-0.15, -0.1) is 0 Å². The van der Waals surface area contributed by atoms with Crippen molar-refractivity contribution in [2.75, 3.05) is 19.8 Å². The average molecular weight is 323 g/mol. The molecule has 0 aromatic heterocycles. The number of amides is 1. The lowest BCUT2D eigenvalue weighted by molar-refractivity contribution is -0.144. The predicted molar refractivity (Wildman–Crippen MR) is 82.5 cm³/mol. The summed E-state index contributed by atoms with van der Waals surface area (Å²) in [7, 11) is 0. The molecule has 5 nitrogen and oxygen atoms in total. The lowest BCUT2D eigenvalue weighted by Gasteiger charge is -2.26. The molecule has 1 aromatic rings. The molecule has 1 aliphatic rings. The van der Waals surface area contributed by atoms with Crippen molar-refractivity contribution in [2.24, 2.45) is 5.92 Å². The minimum absolute atomic E-state index is 0.00284. The predicted octanol–water partition coefficient (Wildman–Crippen LogP) is 2.94. The summed E-state index contributed by atoms with van der Waals surface area (Å²) in [4.78, 5) is 25.4. The largest absolute Gasteiger partial charge is 0.466 e. The van der Waals surface area contributed by atoms with Crippen molar-refractivity contribution >= 4 is 12.1 Å². The molecule has 0 radical (unpaired) electrons. The Morgan fingerprint density at radius 1 is 1.26 bits per heavy atom. The minimum Gasteiger partial charge on any atom is -0.466 e. The van der Waals surface area contributed by atoms with E-state index in [9.17, 15) is 14.0 Å². The van der Waals surface area contributed by atoms with E-state index >= 15 is 0 Å². The van der Waals surface area contributed by atoms with Crippen LogP contribution in [0.15, 0.2) is 30.3 Å². The smallest absolute Gasteiger partial charge is 0.410 e. The molecule has 0 unspecified atom stereocenters. The van der Waals surface area contributed by atoms with E-state index in [1.54, 1.807) is 6.92 Å². The van der Waals surface area contributed by atoms with E-state index in [-0.39, 0.29) is 25.6 Å². The highest BCUT2D eigenvalue weighted by Crippen LogP contribution is 2.28. The lowest BCUT2D eigenvalue weighted by Crippen LogP contribution is -2.40. The Hall–Kier alpha value is -2.11. The Morgan fingerprint density at radius 2 is 2.00 bits per heavy atom. The number of benzene rings is 1. The van der Waals surface area contributed by atoms with Gasteiger partial charge in [0.25, 0.3) is 0 Å². The molecule has 0 aliphatic carbocycles. The highest BCUT2D eigenvalue weighted by molar-refractivity contribution is 5.73. The van der Waals surface area contributed by atoms with Crippen LogP contribution in [-0.2, 0) is 20.9 Å². The van der Waals surface area contributed by atoms with Crippen LogP contribution in [0.4, 0.5) is 9.18 Å². The van der Waals surface area contributed by atoms with E-state index in [1.165, 1.54) is 4.90 Å². The van der Waals surface area contributed by atoms with Gasteiger partial charge in [0.05, 0.1) is 25.7 Å². The van der Waals surface area contributed by atoms with Crippen LogP contribution in [0.25, 0.3) is 0 Å². The van der Waals surface area contributed by atoms with Crippen LogP contribution in [0, 0.1) is 5.92 Å². The number of esters is 1. The van der Waals surface area contributed by atoms with Gasteiger partial charge in [-0.3, -0.25) is 9.18 Å². The number of rotatable bonds is 6. The van der Waals surface area contributed by atoms with Crippen LogP contribution in [0.2, 0.25) is 0 Å². The maximum atomic E-state index is 13.1. The van der Waals surface area contributed by atoms with E-state index in [0.717, 1.165) is 5.56 Å². The van der Waals surface area contributed by atoms with E-state index in [4.69, 9.17) is 9.47 Å². The van der Waals surface area contributed by atoms with Gasteiger partial charge in [-0.25, -0.2) is 4.79 Å². The lowest BCUT2D eigenvalue weighted by atomic mass is 9.99. The Balaban J connectivity index is 1.95. The molecule has 2 atom stereocenters. The van der Waals surface area contributed by atoms with Gasteiger partial charge >= 0.3 is 12.1 Å². The Morgan fingerprint density at radius 3 is 2.65 bits per heavy atom. The van der Waals surface area contributed by atoms with Crippen molar-refractivity contribution < 1.29 is 23.5 Å². The third-order valence-electron chi connectivity index (χ3n) is 4.00. The van der Waals surface area contributed by atoms with Crippen molar-refractivity contribution in [2.45, 2.75) is 32.4 Å². The zero-order valence-corrected chi connectivity index (χ0v) is 13.2. The second-order valence-corrected chi connectivity index (χ2v) is 5.51. The van der Waals surface area contributed by atoms with E-state index in [1.807, 2.05) is 30.3 Å². The third kappa shape index (κ3) is 4.68. The molecular formula is C17H22FNO4. The molecule has 126 valence electrons. The second kappa shape index (κ2) is 8.50. The first-order valence-electron chi connectivity index (χ1n) is 7.84. The van der Waals surface area contributed by atoms with E-state index in [0.29, 0.717) is 13.0 Å². The molecule has 23 heavy (non-hydrogen) atoms. The summed E-state index contributed by atoms with van der Waals surface area (Å²) in [5, 5.41) is 0. The van der Waals surface area contributed by atoms with Gasteiger partial charge in [0.15, 0.2) is 0 Å². The van der Waals surface area contributed by atoms with E-state index in [2.05, 4.69) is 0 Å². The van der Waals surface area contributed by atoms with Crippen molar-refractivity contribution in [1.82, 2.24) is 4.90 Å². The fraction of sp³-hybridized carbons (Fsp3) is 0.529. The van der Waals surface area contributed by atoms with Gasteiger partial charge in [0, 0.05) is 12.5 Å². The molecule has 0 bridgehead atoms. The van der Waals surface area contributed by atoms with Crippen LogP contribution < -0.4 is 0 Å². The Bertz CT molecular complexity index is 523. The number of halogens is 1. The fourth-order valence-electron chi connectivity index (χ4n) is 2.79. The number of carbonyl (C=O) groups is 2. The summed E-state index contributed by atoms with van der Waals surface area (Å²) in [5.74, 6) is -0.762. The third-order valence-corrected chi connectivity index (χ3v) is 4.00. The highest BCUT2D eigenvalue weighted by atomic mass is 19.1. The minimum atomic E-state index is -0.563. The summed E-state index contributed by atoms with van der Waals surface area (Å²) in [6.07, 6.45) is 0.0169. The number of alkyl halides is 1. The van der Waals surface area contributed by atoms with Crippen molar-refractivity contribution in [3.05, 3.63) is 35.9 Å². The molecule has 0 saturated carbocycles. The van der Waals surface area contributed by atoms with Crippen LogP contribution >= 0.6 is 0 Å². The topological polar surface area (TPSA) is 55.8 Å². The summed E-state index contributed by atoms with van der Waals surface area (Å²) in [6, 6.07) is 8.83. The normalized spacial score (nSPS) is 20.3. The number of carbonyl (C=O) groups excluding carboxylic acids is 2. The zero-order valence-electron chi connectivity index (χ0n) is 13.2. The summed E-state index contributed by atoms with van der Waals surface area (Å²) in [6.45, 7) is 1.97. The molecule has 1 aromatic carbocycles. The molecule has 0 spiro atoms. The quantitative estimate of drug-likeness (QED) is 0.755. The molecular weight excluding hydrogens is 301 g/mol. The standard InChI is InChI=1S/C17H22FNO4/c1-2-22-16(20)10-15-14(11-18)8-9-19(15)17(21)23-12-13-6-4-3-5-7-13/h3-7,14-15H,2,8-12H2,1H3/t14-,15-/m1/s1. The van der Waals surface area contributed by atoms with Gasteiger partial charge in [-0.2, -0.15) is 0 Å². The Kier molecular flexibility index (Phi) is 6.38. The average Bonchev–Trinajstić information content (AvgIpc) is 2.96. The number of hydrogen-bond acceptors (Lipinski definition) is 4. The first-order valence-corrected chi connectivity index (χ1v) is 7.84. The van der Waals surface area contributed by atoms with Gasteiger partial charge < -0.3 is 14.4 Å². The molecule has 1 fully saturated rings. The highest BCUT2D eigenvalue weighted by Gasteiger charge is 2.39. The molecule has 0 N–H and O–H groups in total. The Labute approximate surface area is 135 Å². The first kappa shape index (κ1) is 17.2. The molecule has 6 heteroatoms. The van der Waals surface area contributed by atoms with Crippen molar-refractivity contribution in [3.8, 4) is 0 Å². The van der Waals surface area contributed by atoms with Crippen molar-refractivity contribution in [1.29, 1.82) is 0 Å². The molecule has 2 rings (SSSR count). The van der Waals surface area contributed by atoms with Crippen LogP contribution in [0.1, 0.15) is 25.3 Å². The second-order valence-electron chi connectivity index (χ2n) is 5.51. The van der Waals surface area contributed by atoms with Gasteiger partial charge in [0.1, 0.15) is 6.61 Å². The maximum Gasteiger partial charge on any atom is 0.410 e. The van der Waals surface area contributed by atoms with Gasteiger partial charge in [-0.1, -0.05) is 30.3 Å². The maximum absolute atomic E-state index is 13.1. The summed E-state index contributed by atoms with van der Waals surface area (Å²) in [5.41, 5.74) is 0.879. The molecule has 1 heterocycles.